The Bertz CT molecular complexity index is 316. The molecule has 2 saturated heterocycles. The van der Waals surface area contributed by atoms with E-state index in [1.54, 1.807) is 0 Å². The lowest BCUT2D eigenvalue weighted by atomic mass is 9.79. The van der Waals surface area contributed by atoms with Crippen LogP contribution >= 0.6 is 0 Å². The van der Waals surface area contributed by atoms with Gasteiger partial charge in [0, 0.05) is 45.4 Å². The average Bonchev–Trinajstić information content (AvgIpc) is 2.42. The van der Waals surface area contributed by atoms with Gasteiger partial charge in [-0.1, -0.05) is 6.92 Å². The number of ether oxygens (including phenoxy) is 1. The van der Waals surface area contributed by atoms with Gasteiger partial charge < -0.3 is 14.7 Å². The SMILES string of the molecule is CCC1CN(CC2(C(=O)O)CCOCC2)CCN1C. The van der Waals surface area contributed by atoms with Crippen molar-refractivity contribution >= 4 is 5.97 Å². The van der Waals surface area contributed by atoms with E-state index in [1.165, 1.54) is 0 Å². The van der Waals surface area contributed by atoms with Crippen molar-refractivity contribution in [3.05, 3.63) is 0 Å². The minimum atomic E-state index is -0.650. The molecule has 2 aliphatic heterocycles. The van der Waals surface area contributed by atoms with E-state index in [1.807, 2.05) is 0 Å². The molecule has 0 bridgehead atoms. The second kappa shape index (κ2) is 6.20. The molecular weight excluding hydrogens is 244 g/mol. The Morgan fingerprint density at radius 2 is 2.05 bits per heavy atom. The Hall–Kier alpha value is -0.650. The fourth-order valence-corrected chi connectivity index (χ4v) is 3.22. The molecule has 0 aromatic rings. The molecule has 2 fully saturated rings. The van der Waals surface area contributed by atoms with Crippen LogP contribution in [0.5, 0.6) is 0 Å². The minimum Gasteiger partial charge on any atom is -0.481 e. The molecule has 0 aliphatic carbocycles. The van der Waals surface area contributed by atoms with Crippen molar-refractivity contribution < 1.29 is 14.6 Å². The van der Waals surface area contributed by atoms with E-state index in [0.29, 0.717) is 38.6 Å². The van der Waals surface area contributed by atoms with Crippen LogP contribution in [0.2, 0.25) is 0 Å². The number of carbonyl (C=O) groups is 1. The van der Waals surface area contributed by atoms with Gasteiger partial charge in [-0.2, -0.15) is 0 Å². The first-order valence-corrected chi connectivity index (χ1v) is 7.31. The number of carboxylic acids is 1. The highest BCUT2D eigenvalue weighted by molar-refractivity contribution is 5.75. The smallest absolute Gasteiger partial charge is 0.311 e. The summed E-state index contributed by atoms with van der Waals surface area (Å²) in [5.74, 6) is -0.650. The van der Waals surface area contributed by atoms with Crippen molar-refractivity contribution in [3.63, 3.8) is 0 Å². The molecule has 2 heterocycles. The Morgan fingerprint density at radius 1 is 1.37 bits per heavy atom. The molecule has 1 N–H and O–H groups in total. The van der Waals surface area contributed by atoms with Gasteiger partial charge in [-0.3, -0.25) is 9.69 Å². The molecule has 110 valence electrons. The summed E-state index contributed by atoms with van der Waals surface area (Å²) in [5.41, 5.74) is -0.591. The molecule has 1 unspecified atom stereocenters. The van der Waals surface area contributed by atoms with Crippen LogP contribution in [-0.2, 0) is 9.53 Å². The number of aliphatic carboxylic acids is 1. The lowest BCUT2D eigenvalue weighted by Gasteiger charge is -2.43. The van der Waals surface area contributed by atoms with E-state index >= 15 is 0 Å². The van der Waals surface area contributed by atoms with Gasteiger partial charge in [0.1, 0.15) is 0 Å². The quantitative estimate of drug-likeness (QED) is 0.822. The van der Waals surface area contributed by atoms with Crippen LogP contribution in [0.25, 0.3) is 0 Å². The molecule has 0 amide bonds. The van der Waals surface area contributed by atoms with Gasteiger partial charge in [-0.05, 0) is 26.3 Å². The normalized spacial score (nSPS) is 29.3. The van der Waals surface area contributed by atoms with Crippen LogP contribution in [0.3, 0.4) is 0 Å². The van der Waals surface area contributed by atoms with E-state index in [9.17, 15) is 9.90 Å². The van der Waals surface area contributed by atoms with Crippen LogP contribution in [0.1, 0.15) is 26.2 Å². The first-order chi connectivity index (χ1) is 9.07. The molecule has 2 rings (SSSR count). The summed E-state index contributed by atoms with van der Waals surface area (Å²) >= 11 is 0. The first kappa shape index (κ1) is 14.8. The third-order valence-electron chi connectivity index (χ3n) is 4.76. The molecule has 5 nitrogen and oxygen atoms in total. The molecule has 0 radical (unpaired) electrons. The summed E-state index contributed by atoms with van der Waals surface area (Å²) in [7, 11) is 2.16. The lowest BCUT2D eigenvalue weighted by molar-refractivity contribution is -0.157. The predicted molar refractivity (Wildman–Crippen MR) is 73.3 cm³/mol. The van der Waals surface area contributed by atoms with Gasteiger partial charge in [-0.25, -0.2) is 0 Å². The van der Waals surface area contributed by atoms with Gasteiger partial charge in [0.2, 0.25) is 0 Å². The van der Waals surface area contributed by atoms with Gasteiger partial charge in [0.25, 0.3) is 0 Å². The summed E-state index contributed by atoms with van der Waals surface area (Å²) in [4.78, 5) is 16.4. The Morgan fingerprint density at radius 3 is 2.63 bits per heavy atom. The zero-order chi connectivity index (χ0) is 13.9. The maximum absolute atomic E-state index is 11.7. The molecular formula is C14H26N2O3. The van der Waals surface area contributed by atoms with Gasteiger partial charge in [0.15, 0.2) is 0 Å². The third-order valence-corrected chi connectivity index (χ3v) is 4.76. The molecule has 1 atom stereocenters. The molecule has 5 heteroatoms. The number of nitrogens with zero attached hydrogens (tertiary/aromatic N) is 2. The number of hydrogen-bond acceptors (Lipinski definition) is 4. The summed E-state index contributed by atoms with van der Waals surface area (Å²) in [5, 5.41) is 9.60. The van der Waals surface area contributed by atoms with Crippen LogP contribution in [0.15, 0.2) is 0 Å². The van der Waals surface area contributed by atoms with Crippen LogP contribution < -0.4 is 0 Å². The van der Waals surface area contributed by atoms with Crippen molar-refractivity contribution in [3.8, 4) is 0 Å². The van der Waals surface area contributed by atoms with E-state index < -0.39 is 11.4 Å². The fourth-order valence-electron chi connectivity index (χ4n) is 3.22. The molecule has 0 aromatic carbocycles. The predicted octanol–water partition coefficient (Wildman–Crippen LogP) is 0.894. The van der Waals surface area contributed by atoms with Crippen LogP contribution in [0, 0.1) is 5.41 Å². The van der Waals surface area contributed by atoms with Crippen molar-refractivity contribution in [1.82, 2.24) is 9.80 Å². The van der Waals surface area contributed by atoms with Crippen LogP contribution in [-0.4, -0.2) is 73.4 Å². The number of likely N-dealkylation sites (N-methyl/N-ethyl adjacent to an activating group) is 1. The zero-order valence-corrected chi connectivity index (χ0v) is 12.1. The van der Waals surface area contributed by atoms with Gasteiger partial charge >= 0.3 is 5.97 Å². The standard InChI is InChI=1S/C14H26N2O3/c1-3-12-10-16(7-6-15(12)2)11-14(13(17)18)4-8-19-9-5-14/h12H,3-11H2,1-2H3,(H,17,18). The minimum absolute atomic E-state index is 0.555. The highest BCUT2D eigenvalue weighted by Gasteiger charge is 2.42. The second-order valence-electron chi connectivity index (χ2n) is 5.98. The number of carboxylic acid groups (broad SMARTS) is 1. The molecule has 2 aliphatic rings. The van der Waals surface area contributed by atoms with E-state index in [-0.39, 0.29) is 0 Å². The van der Waals surface area contributed by atoms with Crippen LogP contribution in [0.4, 0.5) is 0 Å². The first-order valence-electron chi connectivity index (χ1n) is 7.31. The van der Waals surface area contributed by atoms with Crippen molar-refractivity contribution in [2.75, 3.05) is 46.4 Å². The summed E-state index contributed by atoms with van der Waals surface area (Å²) in [6.07, 6.45) is 2.41. The maximum atomic E-state index is 11.7. The Labute approximate surface area is 115 Å². The highest BCUT2D eigenvalue weighted by Crippen LogP contribution is 2.32. The summed E-state index contributed by atoms with van der Waals surface area (Å²) in [6, 6.07) is 0.555. The summed E-state index contributed by atoms with van der Waals surface area (Å²) in [6.45, 7) is 7.03. The average molecular weight is 270 g/mol. The lowest BCUT2D eigenvalue weighted by Crippen LogP contribution is -2.55. The Balaban J connectivity index is 1.99. The second-order valence-corrected chi connectivity index (χ2v) is 5.98. The monoisotopic (exact) mass is 270 g/mol. The Kier molecular flexibility index (Phi) is 4.81. The molecule has 19 heavy (non-hydrogen) atoms. The van der Waals surface area contributed by atoms with E-state index in [0.717, 1.165) is 26.1 Å². The largest absolute Gasteiger partial charge is 0.481 e. The number of hydrogen-bond donors (Lipinski definition) is 1. The molecule has 0 saturated carbocycles. The van der Waals surface area contributed by atoms with Crippen molar-refractivity contribution in [1.29, 1.82) is 0 Å². The zero-order valence-electron chi connectivity index (χ0n) is 12.1. The van der Waals surface area contributed by atoms with Gasteiger partial charge in [-0.15, -0.1) is 0 Å². The van der Waals surface area contributed by atoms with E-state index in [2.05, 4.69) is 23.8 Å². The van der Waals surface area contributed by atoms with Gasteiger partial charge in [0.05, 0.1) is 5.41 Å². The van der Waals surface area contributed by atoms with Crippen molar-refractivity contribution in [2.45, 2.75) is 32.2 Å². The number of piperazine rings is 1. The third kappa shape index (κ3) is 3.27. The maximum Gasteiger partial charge on any atom is 0.311 e. The highest BCUT2D eigenvalue weighted by atomic mass is 16.5. The van der Waals surface area contributed by atoms with E-state index in [4.69, 9.17) is 4.74 Å². The fraction of sp³-hybridized carbons (Fsp3) is 0.929. The topological polar surface area (TPSA) is 53.0 Å². The summed E-state index contributed by atoms with van der Waals surface area (Å²) < 4.78 is 5.33. The number of rotatable bonds is 4. The molecule has 0 aromatic heterocycles. The molecule has 0 spiro atoms. The van der Waals surface area contributed by atoms with Crippen molar-refractivity contribution in [2.24, 2.45) is 5.41 Å².